The summed E-state index contributed by atoms with van der Waals surface area (Å²) in [5.41, 5.74) is -0.495. The molecule has 0 aliphatic rings. The lowest BCUT2D eigenvalue weighted by Gasteiger charge is -2.14. The Hall–Kier alpha value is -3.64. The first-order chi connectivity index (χ1) is 17.3. The van der Waals surface area contributed by atoms with E-state index in [2.05, 4.69) is 4.74 Å². The van der Waals surface area contributed by atoms with E-state index in [0.717, 1.165) is 40.4 Å². The average Bonchev–Trinajstić information content (AvgIpc) is 3.17. The zero-order chi connectivity index (χ0) is 27.1. The lowest BCUT2D eigenvalue weighted by atomic mass is 10.1. The Morgan fingerprint density at radius 2 is 1.68 bits per heavy atom. The van der Waals surface area contributed by atoms with Gasteiger partial charge in [-0.1, -0.05) is 23.7 Å². The molecule has 37 heavy (non-hydrogen) atoms. The second-order valence-corrected chi connectivity index (χ2v) is 10.0. The van der Waals surface area contributed by atoms with E-state index in [9.17, 15) is 35.2 Å². The van der Waals surface area contributed by atoms with E-state index in [1.807, 2.05) is 0 Å². The molecule has 1 aromatic heterocycles. The number of hydrogen-bond acceptors (Lipinski definition) is 4. The summed E-state index contributed by atoms with van der Waals surface area (Å²) in [6, 6.07) is 12.2. The largest absolute Gasteiger partial charge is 0.478 e. The van der Waals surface area contributed by atoms with Crippen molar-refractivity contribution in [3.05, 3.63) is 94.1 Å². The molecule has 0 aliphatic heterocycles. The van der Waals surface area contributed by atoms with Crippen molar-refractivity contribution in [1.82, 2.24) is 3.97 Å². The Labute approximate surface area is 211 Å². The Kier molecular flexibility index (Phi) is 6.91. The highest BCUT2D eigenvalue weighted by Crippen LogP contribution is 2.35. The number of carboxylic acids is 1. The fraction of sp³-hybridized carbons (Fsp3) is 0.125. The topological polar surface area (TPSA) is 85.6 Å². The Morgan fingerprint density at radius 1 is 1.00 bits per heavy atom. The Balaban J connectivity index is 1.87. The van der Waals surface area contributed by atoms with Gasteiger partial charge in [0.15, 0.2) is 0 Å². The van der Waals surface area contributed by atoms with Crippen LogP contribution in [0.4, 0.5) is 22.0 Å². The predicted molar refractivity (Wildman–Crippen MR) is 124 cm³/mol. The summed E-state index contributed by atoms with van der Waals surface area (Å²) >= 11 is 5.94. The van der Waals surface area contributed by atoms with Gasteiger partial charge in [0.2, 0.25) is 0 Å². The number of alkyl halides is 5. The summed E-state index contributed by atoms with van der Waals surface area (Å²) in [7, 11) is -4.50. The average molecular weight is 560 g/mol. The molecule has 0 unspecified atom stereocenters. The van der Waals surface area contributed by atoms with Gasteiger partial charge in [-0.15, -0.1) is 0 Å². The van der Waals surface area contributed by atoms with Gasteiger partial charge in [0, 0.05) is 17.5 Å². The second-order valence-electron chi connectivity index (χ2n) is 7.83. The highest BCUT2D eigenvalue weighted by Gasteiger charge is 2.32. The monoisotopic (exact) mass is 559 g/mol. The van der Waals surface area contributed by atoms with Crippen molar-refractivity contribution in [2.24, 2.45) is 0 Å². The van der Waals surface area contributed by atoms with Gasteiger partial charge in [-0.3, -0.25) is 0 Å². The first-order valence-corrected chi connectivity index (χ1v) is 12.1. The molecule has 4 rings (SSSR count). The maximum atomic E-state index is 13.6. The number of ether oxygens (including phenoxy) is 1. The fourth-order valence-corrected chi connectivity index (χ4v) is 5.60. The van der Waals surface area contributed by atoms with Crippen LogP contribution < -0.4 is 4.74 Å². The lowest BCUT2D eigenvalue weighted by molar-refractivity contribution is -0.137. The molecule has 194 valence electrons. The Morgan fingerprint density at radius 3 is 2.24 bits per heavy atom. The van der Waals surface area contributed by atoms with Crippen LogP contribution >= 0.6 is 11.6 Å². The molecule has 0 bridgehead atoms. The molecule has 0 amide bonds. The van der Waals surface area contributed by atoms with Crippen molar-refractivity contribution in [3.63, 3.8) is 0 Å². The number of carbonyl (C=O) groups is 1. The van der Waals surface area contributed by atoms with E-state index in [4.69, 9.17) is 16.7 Å². The zero-order valence-electron chi connectivity index (χ0n) is 18.3. The van der Waals surface area contributed by atoms with Gasteiger partial charge in [-0.05, 0) is 60.2 Å². The number of aromatic carboxylic acids is 1. The minimum Gasteiger partial charge on any atom is -0.478 e. The molecule has 0 saturated carbocycles. The molecule has 3 aromatic carbocycles. The van der Waals surface area contributed by atoms with Gasteiger partial charge in [-0.25, -0.2) is 17.2 Å². The maximum Gasteiger partial charge on any atom is 0.416 e. The van der Waals surface area contributed by atoms with Crippen molar-refractivity contribution < 1.29 is 45.0 Å². The van der Waals surface area contributed by atoms with Crippen LogP contribution in [0.3, 0.4) is 0 Å². The summed E-state index contributed by atoms with van der Waals surface area (Å²) in [6.07, 6.45) is -4.76. The van der Waals surface area contributed by atoms with Crippen LogP contribution in [0.2, 0.25) is 5.02 Å². The quantitative estimate of drug-likeness (QED) is 0.263. The third kappa shape index (κ3) is 5.39. The molecular formula is C24H15ClF5NO5S. The molecule has 13 heteroatoms. The summed E-state index contributed by atoms with van der Waals surface area (Å²) in [6.45, 7) is -3.20. The number of halogens is 6. The van der Waals surface area contributed by atoms with Crippen LogP contribution in [0.5, 0.6) is 5.75 Å². The van der Waals surface area contributed by atoms with Crippen molar-refractivity contribution in [1.29, 1.82) is 0 Å². The maximum absolute atomic E-state index is 13.6. The first kappa shape index (κ1) is 26.4. The number of carboxylic acid groups (broad SMARTS) is 1. The summed E-state index contributed by atoms with van der Waals surface area (Å²) in [5, 5.41) is 8.65. The van der Waals surface area contributed by atoms with E-state index in [1.54, 1.807) is 0 Å². The van der Waals surface area contributed by atoms with Crippen LogP contribution in [-0.2, 0) is 22.6 Å². The van der Waals surface area contributed by atoms with Gasteiger partial charge in [0.1, 0.15) is 5.75 Å². The zero-order valence-corrected chi connectivity index (χ0v) is 19.9. The predicted octanol–water partition coefficient (Wildman–Crippen LogP) is 6.44. The van der Waals surface area contributed by atoms with Crippen LogP contribution in [0.25, 0.3) is 10.9 Å². The van der Waals surface area contributed by atoms with Crippen LogP contribution in [0, 0.1) is 0 Å². The van der Waals surface area contributed by atoms with Gasteiger partial charge in [-0.2, -0.15) is 22.0 Å². The fourth-order valence-electron chi connectivity index (χ4n) is 3.74. The molecule has 0 spiro atoms. The van der Waals surface area contributed by atoms with Gasteiger partial charge in [0.25, 0.3) is 10.0 Å². The molecule has 0 atom stereocenters. The van der Waals surface area contributed by atoms with Crippen LogP contribution in [-0.4, -0.2) is 30.1 Å². The molecule has 1 heterocycles. The number of hydrogen-bond donors (Lipinski definition) is 1. The SMILES string of the molecule is O=C(O)c1ccc(Cc2cc3cc(C(F)(F)F)ccc3n2S(=O)(=O)c2ccc(OC(F)F)c(Cl)c2)cc1. The van der Waals surface area contributed by atoms with Gasteiger partial charge >= 0.3 is 18.8 Å². The van der Waals surface area contributed by atoms with E-state index in [1.165, 1.54) is 30.3 Å². The number of nitrogens with zero attached hydrogens (tertiary/aromatic N) is 1. The van der Waals surface area contributed by atoms with Crippen LogP contribution in [0.1, 0.15) is 27.2 Å². The van der Waals surface area contributed by atoms with E-state index in [0.29, 0.717) is 5.56 Å². The molecule has 4 aromatic rings. The van der Waals surface area contributed by atoms with Crippen molar-refractivity contribution >= 4 is 38.5 Å². The summed E-state index contributed by atoms with van der Waals surface area (Å²) in [4.78, 5) is 10.7. The number of aromatic nitrogens is 1. The first-order valence-electron chi connectivity index (χ1n) is 10.3. The second kappa shape index (κ2) is 9.67. The molecule has 0 aliphatic carbocycles. The summed E-state index contributed by atoms with van der Waals surface area (Å²) < 4.78 is 97.4. The highest BCUT2D eigenvalue weighted by molar-refractivity contribution is 7.90. The van der Waals surface area contributed by atoms with E-state index in [-0.39, 0.29) is 28.6 Å². The Bertz CT molecular complexity index is 1600. The van der Waals surface area contributed by atoms with E-state index >= 15 is 0 Å². The standard InChI is InChI=1S/C24H15ClF5NO5S/c25-19-12-18(6-8-21(19)36-23(26)27)37(34,35)31-17(9-13-1-3-14(4-2-13)22(32)33)11-15-10-16(24(28,29)30)5-7-20(15)31/h1-8,10-12,23H,9H2,(H,32,33). The molecular weight excluding hydrogens is 545 g/mol. The number of benzene rings is 3. The smallest absolute Gasteiger partial charge is 0.416 e. The third-order valence-electron chi connectivity index (χ3n) is 5.40. The van der Waals surface area contributed by atoms with Crippen molar-refractivity contribution in [2.75, 3.05) is 0 Å². The molecule has 1 N–H and O–H groups in total. The van der Waals surface area contributed by atoms with Crippen molar-refractivity contribution in [2.45, 2.75) is 24.1 Å². The third-order valence-corrected chi connectivity index (χ3v) is 7.46. The molecule has 0 saturated heterocycles. The normalized spacial score (nSPS) is 12.3. The van der Waals surface area contributed by atoms with Crippen LogP contribution in [0.15, 0.2) is 71.6 Å². The molecule has 0 radical (unpaired) electrons. The minimum absolute atomic E-state index is 0.00696. The van der Waals surface area contributed by atoms with E-state index < -0.39 is 50.0 Å². The molecule has 0 fully saturated rings. The summed E-state index contributed by atoms with van der Waals surface area (Å²) in [5.74, 6) is -1.62. The minimum atomic E-state index is -4.67. The highest BCUT2D eigenvalue weighted by atomic mass is 35.5. The van der Waals surface area contributed by atoms with Gasteiger partial charge in [0.05, 0.1) is 26.6 Å². The van der Waals surface area contributed by atoms with Gasteiger partial charge < -0.3 is 9.84 Å². The number of fused-ring (bicyclic) bond motifs is 1. The molecule has 6 nitrogen and oxygen atoms in total. The van der Waals surface area contributed by atoms with Crippen molar-refractivity contribution in [3.8, 4) is 5.75 Å². The lowest BCUT2D eigenvalue weighted by Crippen LogP contribution is -2.16. The number of rotatable bonds is 7.